The summed E-state index contributed by atoms with van der Waals surface area (Å²) < 4.78 is 0. The van der Waals surface area contributed by atoms with E-state index in [9.17, 15) is 0 Å². The highest BCUT2D eigenvalue weighted by molar-refractivity contribution is 7.09. The van der Waals surface area contributed by atoms with Crippen LogP contribution in [0, 0.1) is 13.8 Å². The monoisotopic (exact) mass is 274 g/mol. The van der Waals surface area contributed by atoms with Crippen molar-refractivity contribution < 1.29 is 0 Å². The van der Waals surface area contributed by atoms with Crippen molar-refractivity contribution in [2.75, 3.05) is 5.32 Å². The minimum Gasteiger partial charge on any atom is -0.379 e. The molecule has 2 aromatic rings. The van der Waals surface area contributed by atoms with Crippen molar-refractivity contribution in [1.29, 1.82) is 0 Å². The van der Waals surface area contributed by atoms with Crippen LogP contribution >= 0.6 is 11.3 Å². The molecule has 0 aliphatic rings. The summed E-state index contributed by atoms with van der Waals surface area (Å²) >= 11 is 1.75. The van der Waals surface area contributed by atoms with Crippen LogP contribution in [0.25, 0.3) is 0 Å². The lowest BCUT2D eigenvalue weighted by atomic mass is 9.98. The largest absolute Gasteiger partial charge is 0.379 e. The first-order valence-corrected chi connectivity index (χ1v) is 7.50. The maximum absolute atomic E-state index is 4.69. The molecule has 0 aliphatic carbocycles. The predicted octanol–water partition coefficient (Wildman–Crippen LogP) is 4.67. The minimum atomic E-state index is 0.142. The minimum absolute atomic E-state index is 0.142. The molecule has 2 rings (SSSR count). The van der Waals surface area contributed by atoms with E-state index >= 15 is 0 Å². The third-order valence-corrected chi connectivity index (χ3v) is 4.49. The Bertz CT molecular complexity index is 564. The summed E-state index contributed by atoms with van der Waals surface area (Å²) in [6, 6.07) is 6.46. The van der Waals surface area contributed by atoms with Crippen molar-refractivity contribution in [3.05, 3.63) is 45.4 Å². The van der Waals surface area contributed by atoms with Crippen LogP contribution in [0.3, 0.4) is 0 Å². The number of nitrogens with one attached hydrogen (secondary N) is 1. The molecule has 19 heavy (non-hydrogen) atoms. The SMILES string of the molecule is Cc1ccc(NCc2csc(C(C)(C)C)n2)cc1C. The Hall–Kier alpha value is -1.35. The number of hydrogen-bond acceptors (Lipinski definition) is 3. The molecule has 0 aliphatic heterocycles. The van der Waals surface area contributed by atoms with E-state index in [0.29, 0.717) is 0 Å². The Morgan fingerprint density at radius 1 is 1.16 bits per heavy atom. The van der Waals surface area contributed by atoms with Gasteiger partial charge in [0.05, 0.1) is 17.2 Å². The zero-order valence-corrected chi connectivity index (χ0v) is 13.2. The zero-order chi connectivity index (χ0) is 14.0. The molecule has 0 spiro atoms. The Labute approximate surface area is 119 Å². The lowest BCUT2D eigenvalue weighted by Gasteiger charge is -2.13. The lowest BCUT2D eigenvalue weighted by Crippen LogP contribution is -2.11. The van der Waals surface area contributed by atoms with Crippen molar-refractivity contribution >= 4 is 17.0 Å². The molecule has 0 unspecified atom stereocenters. The van der Waals surface area contributed by atoms with Gasteiger partial charge < -0.3 is 5.32 Å². The van der Waals surface area contributed by atoms with Gasteiger partial charge in [-0.25, -0.2) is 4.98 Å². The molecular weight excluding hydrogens is 252 g/mol. The van der Waals surface area contributed by atoms with Crippen LogP contribution in [0.2, 0.25) is 0 Å². The summed E-state index contributed by atoms with van der Waals surface area (Å²) in [6.45, 7) is 11.7. The average Bonchev–Trinajstić information content (AvgIpc) is 2.79. The van der Waals surface area contributed by atoms with Gasteiger partial charge in [-0.05, 0) is 37.1 Å². The van der Waals surface area contributed by atoms with Crippen LogP contribution in [-0.4, -0.2) is 4.98 Å². The van der Waals surface area contributed by atoms with Gasteiger partial charge >= 0.3 is 0 Å². The van der Waals surface area contributed by atoms with Crippen LogP contribution in [0.15, 0.2) is 23.6 Å². The number of thiazole rings is 1. The van der Waals surface area contributed by atoms with E-state index in [0.717, 1.165) is 17.9 Å². The summed E-state index contributed by atoms with van der Waals surface area (Å²) in [5.74, 6) is 0. The second-order valence-corrected chi connectivity index (χ2v) is 6.90. The van der Waals surface area contributed by atoms with Crippen molar-refractivity contribution in [1.82, 2.24) is 4.98 Å². The fourth-order valence-corrected chi connectivity index (χ4v) is 2.68. The maximum Gasteiger partial charge on any atom is 0.0982 e. The highest BCUT2D eigenvalue weighted by Gasteiger charge is 2.17. The third kappa shape index (κ3) is 3.57. The number of nitrogens with zero attached hydrogens (tertiary/aromatic N) is 1. The molecule has 1 N–H and O–H groups in total. The molecule has 0 saturated carbocycles. The Morgan fingerprint density at radius 2 is 1.89 bits per heavy atom. The number of anilines is 1. The van der Waals surface area contributed by atoms with E-state index in [-0.39, 0.29) is 5.41 Å². The molecular formula is C16H22N2S. The van der Waals surface area contributed by atoms with Gasteiger partial charge in [0.15, 0.2) is 0 Å². The lowest BCUT2D eigenvalue weighted by molar-refractivity contribution is 0.583. The summed E-state index contributed by atoms with van der Waals surface area (Å²) in [4.78, 5) is 4.69. The normalized spacial score (nSPS) is 11.6. The van der Waals surface area contributed by atoms with E-state index < -0.39 is 0 Å². The molecule has 102 valence electrons. The molecule has 2 nitrogen and oxygen atoms in total. The van der Waals surface area contributed by atoms with E-state index in [1.807, 2.05) is 0 Å². The second kappa shape index (κ2) is 5.33. The van der Waals surface area contributed by atoms with Gasteiger partial charge in [0, 0.05) is 16.5 Å². The standard InChI is InChI=1S/C16H22N2S/c1-11-6-7-13(8-12(11)2)17-9-14-10-19-15(18-14)16(3,4)5/h6-8,10,17H,9H2,1-5H3. The number of aromatic nitrogens is 1. The Morgan fingerprint density at radius 3 is 2.47 bits per heavy atom. The van der Waals surface area contributed by atoms with Gasteiger partial charge in [-0.1, -0.05) is 26.8 Å². The number of hydrogen-bond donors (Lipinski definition) is 1. The highest BCUT2D eigenvalue weighted by atomic mass is 32.1. The fraction of sp³-hybridized carbons (Fsp3) is 0.438. The summed E-state index contributed by atoms with van der Waals surface area (Å²) in [6.07, 6.45) is 0. The average molecular weight is 274 g/mol. The van der Waals surface area contributed by atoms with Gasteiger partial charge in [-0.15, -0.1) is 11.3 Å². The van der Waals surface area contributed by atoms with E-state index in [2.05, 4.69) is 63.5 Å². The molecule has 1 heterocycles. The van der Waals surface area contributed by atoms with E-state index in [4.69, 9.17) is 4.98 Å². The van der Waals surface area contributed by atoms with Crippen LogP contribution in [0.4, 0.5) is 5.69 Å². The van der Waals surface area contributed by atoms with Gasteiger partial charge in [-0.2, -0.15) is 0 Å². The number of aryl methyl sites for hydroxylation is 2. The Kier molecular flexibility index (Phi) is 3.95. The molecule has 1 aromatic carbocycles. The molecule has 3 heteroatoms. The maximum atomic E-state index is 4.69. The first-order chi connectivity index (χ1) is 8.86. The first kappa shape index (κ1) is 14.1. The van der Waals surface area contributed by atoms with E-state index in [1.54, 1.807) is 11.3 Å². The zero-order valence-electron chi connectivity index (χ0n) is 12.4. The molecule has 0 amide bonds. The van der Waals surface area contributed by atoms with E-state index in [1.165, 1.54) is 16.1 Å². The van der Waals surface area contributed by atoms with Gasteiger partial charge in [0.25, 0.3) is 0 Å². The number of benzene rings is 1. The topological polar surface area (TPSA) is 24.9 Å². The highest BCUT2D eigenvalue weighted by Crippen LogP contribution is 2.26. The van der Waals surface area contributed by atoms with Gasteiger partial charge in [0.2, 0.25) is 0 Å². The number of rotatable bonds is 3. The molecule has 0 atom stereocenters. The summed E-state index contributed by atoms with van der Waals surface area (Å²) in [5, 5.41) is 6.78. The molecule has 0 radical (unpaired) electrons. The predicted molar refractivity (Wildman–Crippen MR) is 84.1 cm³/mol. The first-order valence-electron chi connectivity index (χ1n) is 6.62. The Balaban J connectivity index is 2.02. The van der Waals surface area contributed by atoms with Gasteiger partial charge in [0.1, 0.15) is 0 Å². The molecule has 0 bridgehead atoms. The summed E-state index contributed by atoms with van der Waals surface area (Å²) in [5.41, 5.74) is 5.07. The summed E-state index contributed by atoms with van der Waals surface area (Å²) in [7, 11) is 0. The molecule has 0 fully saturated rings. The van der Waals surface area contributed by atoms with Gasteiger partial charge in [-0.3, -0.25) is 0 Å². The van der Waals surface area contributed by atoms with Crippen LogP contribution in [-0.2, 0) is 12.0 Å². The van der Waals surface area contributed by atoms with Crippen molar-refractivity contribution in [2.24, 2.45) is 0 Å². The van der Waals surface area contributed by atoms with Crippen molar-refractivity contribution in [2.45, 2.75) is 46.6 Å². The molecule has 0 saturated heterocycles. The molecule has 1 aromatic heterocycles. The van der Waals surface area contributed by atoms with Crippen molar-refractivity contribution in [3.8, 4) is 0 Å². The third-order valence-electron chi connectivity index (χ3n) is 3.17. The second-order valence-electron chi connectivity index (χ2n) is 6.05. The van der Waals surface area contributed by atoms with Crippen molar-refractivity contribution in [3.63, 3.8) is 0 Å². The smallest absolute Gasteiger partial charge is 0.0982 e. The van der Waals surface area contributed by atoms with Crippen LogP contribution in [0.1, 0.15) is 42.6 Å². The van der Waals surface area contributed by atoms with Crippen LogP contribution in [0.5, 0.6) is 0 Å². The van der Waals surface area contributed by atoms with Crippen LogP contribution < -0.4 is 5.32 Å². The quantitative estimate of drug-likeness (QED) is 0.879. The fourth-order valence-electron chi connectivity index (χ4n) is 1.78.